The van der Waals surface area contributed by atoms with Gasteiger partial charge in [0.05, 0.1) is 0 Å². The molecule has 1 amide bonds. The van der Waals surface area contributed by atoms with Gasteiger partial charge in [0.1, 0.15) is 0 Å². The van der Waals surface area contributed by atoms with Crippen molar-refractivity contribution >= 4 is 21.8 Å². The molecule has 1 aliphatic heterocycles. The molecule has 19 heavy (non-hydrogen) atoms. The van der Waals surface area contributed by atoms with Crippen LogP contribution in [-0.2, 0) is 4.79 Å². The molecule has 102 valence electrons. The first-order valence-corrected chi connectivity index (χ1v) is 7.76. The van der Waals surface area contributed by atoms with Crippen molar-refractivity contribution in [3.8, 4) is 0 Å². The van der Waals surface area contributed by atoms with Crippen LogP contribution in [0.3, 0.4) is 0 Å². The summed E-state index contributed by atoms with van der Waals surface area (Å²) in [4.78, 5) is 14.5. The van der Waals surface area contributed by atoms with Gasteiger partial charge in [-0.05, 0) is 42.9 Å². The molecule has 1 aliphatic carbocycles. The lowest BCUT2D eigenvalue weighted by atomic mass is 10.1. The van der Waals surface area contributed by atoms with E-state index >= 15 is 0 Å². The van der Waals surface area contributed by atoms with Gasteiger partial charge in [-0.15, -0.1) is 0 Å². The number of carbonyl (C=O) groups is 1. The van der Waals surface area contributed by atoms with Crippen molar-refractivity contribution in [1.29, 1.82) is 0 Å². The summed E-state index contributed by atoms with van der Waals surface area (Å²) in [7, 11) is 0. The van der Waals surface area contributed by atoms with E-state index in [2.05, 4.69) is 28.1 Å². The smallest absolute Gasteiger partial charge is 0.226 e. The zero-order valence-electron chi connectivity index (χ0n) is 10.9. The van der Waals surface area contributed by atoms with Crippen LogP contribution in [0.1, 0.15) is 30.7 Å². The van der Waals surface area contributed by atoms with Gasteiger partial charge in [0.15, 0.2) is 0 Å². The lowest BCUT2D eigenvalue weighted by Gasteiger charge is -2.23. The molecule has 0 radical (unpaired) electrons. The van der Waals surface area contributed by atoms with Crippen molar-refractivity contribution in [3.05, 3.63) is 34.3 Å². The summed E-state index contributed by atoms with van der Waals surface area (Å²) in [5.74, 6) is 0.906. The second-order valence-corrected chi connectivity index (χ2v) is 6.48. The fraction of sp³-hybridized carbons (Fsp3) is 0.533. The van der Waals surface area contributed by atoms with Gasteiger partial charge >= 0.3 is 0 Å². The van der Waals surface area contributed by atoms with Crippen LogP contribution >= 0.6 is 15.9 Å². The highest BCUT2D eigenvalue weighted by molar-refractivity contribution is 9.10. The van der Waals surface area contributed by atoms with Crippen LogP contribution in [0.25, 0.3) is 0 Å². The van der Waals surface area contributed by atoms with Crippen LogP contribution in [0.2, 0.25) is 0 Å². The van der Waals surface area contributed by atoms with Gasteiger partial charge < -0.3 is 10.6 Å². The molecule has 0 spiro atoms. The highest BCUT2D eigenvalue weighted by Crippen LogP contribution is 2.49. The number of likely N-dealkylation sites (tertiary alicyclic amines) is 1. The summed E-state index contributed by atoms with van der Waals surface area (Å²) in [6.07, 6.45) is 3.15. The second kappa shape index (κ2) is 5.25. The van der Waals surface area contributed by atoms with Gasteiger partial charge in [-0.25, -0.2) is 0 Å². The maximum Gasteiger partial charge on any atom is 0.226 e. The van der Waals surface area contributed by atoms with E-state index in [-0.39, 0.29) is 12.0 Å². The summed E-state index contributed by atoms with van der Waals surface area (Å²) in [6, 6.07) is 8.58. The second-order valence-electron chi connectivity index (χ2n) is 5.57. The molecule has 1 saturated carbocycles. The molecule has 2 aliphatic rings. The van der Waals surface area contributed by atoms with E-state index in [0.29, 0.717) is 18.4 Å². The highest BCUT2D eigenvalue weighted by Gasteiger charge is 2.47. The fourth-order valence-electron chi connectivity index (χ4n) is 3.16. The molecule has 3 atom stereocenters. The third-order valence-corrected chi connectivity index (χ3v) is 4.81. The van der Waals surface area contributed by atoms with Crippen LogP contribution in [0, 0.1) is 5.92 Å². The summed E-state index contributed by atoms with van der Waals surface area (Å²) in [6.45, 7) is 1.49. The normalized spacial score (nSPS) is 29.6. The number of rotatable bonds is 3. The van der Waals surface area contributed by atoms with Gasteiger partial charge in [-0.3, -0.25) is 4.79 Å². The third kappa shape index (κ3) is 2.56. The molecular weight excluding hydrogens is 304 g/mol. The van der Waals surface area contributed by atoms with Crippen molar-refractivity contribution in [2.45, 2.75) is 31.2 Å². The Kier molecular flexibility index (Phi) is 3.63. The Hall–Kier alpha value is -0.870. The number of halogens is 1. The SMILES string of the molecule is NC[C@@H]1CCCN1C(=O)[C@H]1C[C@H]1c1cccc(Br)c1. The van der Waals surface area contributed by atoms with E-state index in [0.717, 1.165) is 30.3 Å². The Morgan fingerprint density at radius 1 is 1.47 bits per heavy atom. The molecule has 1 aromatic carbocycles. The molecule has 0 unspecified atom stereocenters. The zero-order chi connectivity index (χ0) is 13.4. The van der Waals surface area contributed by atoms with E-state index in [4.69, 9.17) is 5.73 Å². The van der Waals surface area contributed by atoms with Gasteiger partial charge in [0.25, 0.3) is 0 Å². The molecule has 1 saturated heterocycles. The summed E-state index contributed by atoms with van der Waals surface area (Å²) < 4.78 is 1.09. The number of benzene rings is 1. The fourth-order valence-corrected chi connectivity index (χ4v) is 3.57. The lowest BCUT2D eigenvalue weighted by Crippen LogP contribution is -2.40. The first kappa shape index (κ1) is 13.1. The van der Waals surface area contributed by atoms with Crippen molar-refractivity contribution in [2.75, 3.05) is 13.1 Å². The molecule has 0 bridgehead atoms. The summed E-state index contributed by atoms with van der Waals surface area (Å²) in [5.41, 5.74) is 7.02. The minimum absolute atomic E-state index is 0.182. The van der Waals surface area contributed by atoms with E-state index in [1.165, 1.54) is 5.56 Å². The third-order valence-electron chi connectivity index (χ3n) is 4.32. The zero-order valence-corrected chi connectivity index (χ0v) is 12.5. The maximum absolute atomic E-state index is 12.5. The number of nitrogens with two attached hydrogens (primary N) is 1. The van der Waals surface area contributed by atoms with Crippen LogP contribution in [0.15, 0.2) is 28.7 Å². The van der Waals surface area contributed by atoms with Crippen molar-refractivity contribution in [3.63, 3.8) is 0 Å². The average molecular weight is 323 g/mol. The van der Waals surface area contributed by atoms with E-state index in [1.54, 1.807) is 0 Å². The molecule has 3 rings (SSSR count). The van der Waals surface area contributed by atoms with Crippen molar-refractivity contribution in [1.82, 2.24) is 4.90 Å². The van der Waals surface area contributed by atoms with Crippen molar-refractivity contribution in [2.24, 2.45) is 11.7 Å². The summed E-state index contributed by atoms with van der Waals surface area (Å²) in [5, 5.41) is 0. The van der Waals surface area contributed by atoms with Crippen LogP contribution in [0.4, 0.5) is 0 Å². The number of hydrogen-bond acceptors (Lipinski definition) is 2. The lowest BCUT2D eigenvalue weighted by molar-refractivity contribution is -0.133. The van der Waals surface area contributed by atoms with Crippen LogP contribution in [0.5, 0.6) is 0 Å². The maximum atomic E-state index is 12.5. The minimum atomic E-state index is 0.182. The Labute approximate surface area is 122 Å². The van der Waals surface area contributed by atoms with Gasteiger partial charge in [-0.1, -0.05) is 28.1 Å². The minimum Gasteiger partial charge on any atom is -0.338 e. The van der Waals surface area contributed by atoms with E-state index in [1.807, 2.05) is 17.0 Å². The molecule has 4 heteroatoms. The molecule has 0 aromatic heterocycles. The molecule has 1 aromatic rings. The monoisotopic (exact) mass is 322 g/mol. The van der Waals surface area contributed by atoms with Gasteiger partial charge in [0, 0.05) is 29.5 Å². The predicted octanol–water partition coefficient (Wildman–Crippen LogP) is 2.50. The number of carbonyl (C=O) groups excluding carboxylic acids is 1. The molecular formula is C15H19BrN2O. The largest absolute Gasteiger partial charge is 0.338 e. The Morgan fingerprint density at radius 2 is 2.32 bits per heavy atom. The van der Waals surface area contributed by atoms with Crippen LogP contribution < -0.4 is 5.73 Å². The quantitative estimate of drug-likeness (QED) is 0.929. The Bertz CT molecular complexity index is 491. The van der Waals surface area contributed by atoms with E-state index < -0.39 is 0 Å². The predicted molar refractivity (Wildman–Crippen MR) is 78.8 cm³/mol. The number of hydrogen-bond donors (Lipinski definition) is 1. The molecule has 2 fully saturated rings. The average Bonchev–Trinajstić information content (AvgIpc) is 3.07. The standard InChI is InChI=1S/C15H19BrN2O/c16-11-4-1-3-10(7-11)13-8-14(13)15(19)18-6-2-5-12(18)9-17/h1,3-4,7,12-14H,2,5-6,8-9,17H2/t12-,13-,14-/m0/s1. The number of nitrogens with zero attached hydrogens (tertiary/aromatic N) is 1. The summed E-state index contributed by atoms with van der Waals surface area (Å²) >= 11 is 3.49. The highest BCUT2D eigenvalue weighted by atomic mass is 79.9. The van der Waals surface area contributed by atoms with Gasteiger partial charge in [-0.2, -0.15) is 0 Å². The molecule has 3 nitrogen and oxygen atoms in total. The van der Waals surface area contributed by atoms with Gasteiger partial charge in [0.2, 0.25) is 5.91 Å². The molecule has 1 heterocycles. The first-order valence-electron chi connectivity index (χ1n) is 6.96. The molecule has 2 N–H and O–H groups in total. The Balaban J connectivity index is 1.68. The number of amides is 1. The topological polar surface area (TPSA) is 46.3 Å². The van der Waals surface area contributed by atoms with Crippen molar-refractivity contribution < 1.29 is 4.79 Å². The van der Waals surface area contributed by atoms with E-state index in [9.17, 15) is 4.79 Å². The first-order chi connectivity index (χ1) is 9.20. The Morgan fingerprint density at radius 3 is 3.05 bits per heavy atom. The van der Waals surface area contributed by atoms with Crippen LogP contribution in [-0.4, -0.2) is 29.9 Å².